The average molecular weight is 520 g/mol. The smallest absolute Gasteiger partial charge is 0.275 e. The van der Waals surface area contributed by atoms with Gasteiger partial charge in [-0.15, -0.1) is 0 Å². The quantitative estimate of drug-likeness (QED) is 0.546. The molecule has 3 atom stereocenters. The van der Waals surface area contributed by atoms with E-state index in [4.69, 9.17) is 19.9 Å². The summed E-state index contributed by atoms with van der Waals surface area (Å²) in [5.74, 6) is -2.58. The minimum Gasteiger partial charge on any atom is -0.476 e. The summed E-state index contributed by atoms with van der Waals surface area (Å²) in [5, 5.41) is 2.86. The SMILES string of the molecule is COC[C@]12C[C@H]1[C@](C)(c1cc(NC(=O)c3cnc(OCC4(C)COC4)cn3)cc(F)c1F)N=C(N)S2. The lowest BCUT2D eigenvalue weighted by atomic mass is 9.85. The Hall–Kier alpha value is -2.83. The molecule has 3 heterocycles. The molecule has 5 rings (SSSR count). The Morgan fingerprint density at radius 1 is 1.25 bits per heavy atom. The molecule has 0 spiro atoms. The van der Waals surface area contributed by atoms with Gasteiger partial charge in [0.1, 0.15) is 5.69 Å². The first kappa shape index (κ1) is 24.8. The lowest BCUT2D eigenvalue weighted by Crippen LogP contribution is -2.44. The highest BCUT2D eigenvalue weighted by Crippen LogP contribution is 2.66. The minimum absolute atomic E-state index is 0.00401. The Bertz CT molecular complexity index is 1230. The lowest BCUT2D eigenvalue weighted by Gasteiger charge is -2.37. The average Bonchev–Trinajstić information content (AvgIpc) is 3.54. The van der Waals surface area contributed by atoms with E-state index < -0.39 is 23.1 Å². The van der Waals surface area contributed by atoms with Crippen LogP contribution in [0.2, 0.25) is 0 Å². The summed E-state index contributed by atoms with van der Waals surface area (Å²) in [4.78, 5) is 25.5. The summed E-state index contributed by atoms with van der Waals surface area (Å²) in [6.07, 6.45) is 3.30. The number of amidine groups is 1. The summed E-state index contributed by atoms with van der Waals surface area (Å²) < 4.78 is 45.6. The first-order chi connectivity index (χ1) is 17.1. The van der Waals surface area contributed by atoms with Crippen molar-refractivity contribution in [2.45, 2.75) is 30.6 Å². The summed E-state index contributed by atoms with van der Waals surface area (Å²) in [6, 6.07) is 2.32. The van der Waals surface area contributed by atoms with Crippen LogP contribution in [0.25, 0.3) is 0 Å². The lowest BCUT2D eigenvalue weighted by molar-refractivity contribution is -0.120. The topological polar surface area (TPSA) is 121 Å². The monoisotopic (exact) mass is 519 g/mol. The second kappa shape index (κ2) is 8.93. The molecule has 0 radical (unpaired) electrons. The number of carbonyl (C=O) groups is 1. The van der Waals surface area contributed by atoms with E-state index in [-0.39, 0.29) is 44.1 Å². The van der Waals surface area contributed by atoms with E-state index in [9.17, 15) is 9.18 Å². The van der Waals surface area contributed by atoms with E-state index in [1.54, 1.807) is 14.0 Å². The van der Waals surface area contributed by atoms with Crippen molar-refractivity contribution in [1.29, 1.82) is 0 Å². The van der Waals surface area contributed by atoms with Crippen LogP contribution in [-0.4, -0.2) is 59.3 Å². The van der Waals surface area contributed by atoms with Crippen molar-refractivity contribution in [3.63, 3.8) is 0 Å². The molecule has 1 amide bonds. The third-order valence-corrected chi connectivity index (χ3v) is 8.18. The van der Waals surface area contributed by atoms with Gasteiger partial charge in [0.25, 0.3) is 5.91 Å². The van der Waals surface area contributed by atoms with E-state index in [0.29, 0.717) is 32.8 Å². The van der Waals surface area contributed by atoms with Crippen LogP contribution in [0.5, 0.6) is 5.88 Å². The fourth-order valence-corrected chi connectivity index (χ4v) is 6.29. The number of halogens is 2. The molecule has 9 nitrogen and oxygen atoms in total. The van der Waals surface area contributed by atoms with Gasteiger partial charge in [0.05, 0.1) is 49.1 Å². The van der Waals surface area contributed by atoms with Crippen molar-refractivity contribution in [2.75, 3.05) is 38.9 Å². The Morgan fingerprint density at radius 3 is 2.67 bits per heavy atom. The Labute approximate surface area is 211 Å². The molecule has 2 fully saturated rings. The number of nitrogens with one attached hydrogen (secondary N) is 1. The van der Waals surface area contributed by atoms with Gasteiger partial charge < -0.3 is 25.3 Å². The zero-order chi connectivity index (χ0) is 25.7. The predicted octanol–water partition coefficient (Wildman–Crippen LogP) is 3.10. The van der Waals surface area contributed by atoms with E-state index in [0.717, 1.165) is 6.07 Å². The molecule has 1 aliphatic carbocycles. The number of nitrogens with two attached hydrogens (primary N) is 1. The number of amides is 1. The molecule has 1 aromatic heterocycles. The van der Waals surface area contributed by atoms with Gasteiger partial charge in [-0.1, -0.05) is 18.7 Å². The zero-order valence-corrected chi connectivity index (χ0v) is 21.0. The number of ether oxygens (including phenoxy) is 3. The molecule has 36 heavy (non-hydrogen) atoms. The number of thioether (sulfide) groups is 1. The number of rotatable bonds is 8. The summed E-state index contributed by atoms with van der Waals surface area (Å²) in [7, 11) is 1.59. The number of hydrogen-bond donors (Lipinski definition) is 2. The standard InChI is InChI=1S/C24H27F2N5O4S/c1-22(9-34-10-22)11-35-18-8-28-16(7-29-18)20(32)30-13-4-14(19(26)15(25)5-13)23(2)17-6-24(17,12-33-3)36-21(27)31-23/h4-5,7-8,17H,6,9-12H2,1-3H3,(H2,27,31)(H,30,32)/t17-,23-,24+/m0/s1. The van der Waals surface area contributed by atoms with E-state index >= 15 is 4.39 Å². The van der Waals surface area contributed by atoms with Crippen LogP contribution in [0.15, 0.2) is 29.5 Å². The second-order valence-electron chi connectivity index (χ2n) is 10.1. The predicted molar refractivity (Wildman–Crippen MR) is 130 cm³/mol. The van der Waals surface area contributed by atoms with Crippen molar-refractivity contribution in [2.24, 2.45) is 22.1 Å². The van der Waals surface area contributed by atoms with Crippen LogP contribution in [0.1, 0.15) is 36.3 Å². The number of nitrogens with zero attached hydrogens (tertiary/aromatic N) is 3. The number of methoxy groups -OCH3 is 1. The molecule has 192 valence electrons. The van der Waals surface area contributed by atoms with Crippen LogP contribution in [0, 0.1) is 23.0 Å². The van der Waals surface area contributed by atoms with Crippen LogP contribution >= 0.6 is 11.8 Å². The molecule has 1 saturated carbocycles. The van der Waals surface area contributed by atoms with Crippen molar-refractivity contribution in [1.82, 2.24) is 9.97 Å². The van der Waals surface area contributed by atoms with Gasteiger partial charge in [0.2, 0.25) is 5.88 Å². The number of aromatic nitrogens is 2. The fraction of sp³-hybridized carbons (Fsp3) is 0.500. The van der Waals surface area contributed by atoms with E-state index in [1.807, 2.05) is 6.92 Å². The van der Waals surface area contributed by atoms with Crippen LogP contribution in [0.3, 0.4) is 0 Å². The Balaban J connectivity index is 1.34. The van der Waals surface area contributed by atoms with Gasteiger partial charge in [0, 0.05) is 35.8 Å². The van der Waals surface area contributed by atoms with Gasteiger partial charge in [-0.3, -0.25) is 9.79 Å². The Kier molecular flexibility index (Phi) is 6.16. The largest absolute Gasteiger partial charge is 0.476 e. The maximum absolute atomic E-state index is 15.1. The zero-order valence-electron chi connectivity index (χ0n) is 20.1. The Morgan fingerprint density at radius 2 is 2.03 bits per heavy atom. The molecule has 2 aliphatic heterocycles. The van der Waals surface area contributed by atoms with Gasteiger partial charge in [-0.25, -0.2) is 18.7 Å². The molecule has 1 aromatic carbocycles. The van der Waals surface area contributed by atoms with Crippen LogP contribution in [-0.2, 0) is 15.0 Å². The highest BCUT2D eigenvalue weighted by Gasteiger charge is 2.66. The third kappa shape index (κ3) is 4.41. The maximum Gasteiger partial charge on any atom is 0.275 e. The van der Waals surface area contributed by atoms with Gasteiger partial charge in [0.15, 0.2) is 16.8 Å². The van der Waals surface area contributed by atoms with Crippen LogP contribution in [0.4, 0.5) is 14.5 Å². The fourth-order valence-electron chi connectivity index (χ4n) is 4.84. The molecule has 0 bridgehead atoms. The number of anilines is 1. The normalized spacial score (nSPS) is 27.9. The number of fused-ring (bicyclic) bond motifs is 1. The molecule has 1 saturated heterocycles. The van der Waals surface area contributed by atoms with E-state index in [2.05, 4.69) is 20.3 Å². The number of aliphatic imine (C=N–C) groups is 1. The summed E-state index contributed by atoms with van der Waals surface area (Å²) in [6.45, 7) is 5.82. The number of carbonyl (C=O) groups excluding carboxylic acids is 1. The van der Waals surface area contributed by atoms with Crippen molar-refractivity contribution in [3.05, 3.63) is 47.4 Å². The molecular weight excluding hydrogens is 492 g/mol. The molecule has 12 heteroatoms. The molecule has 3 aliphatic rings. The van der Waals surface area contributed by atoms with Gasteiger partial charge >= 0.3 is 0 Å². The highest BCUT2D eigenvalue weighted by molar-refractivity contribution is 8.15. The maximum atomic E-state index is 15.1. The molecule has 2 aromatic rings. The van der Waals surface area contributed by atoms with Crippen LogP contribution < -0.4 is 15.8 Å². The number of hydrogen-bond acceptors (Lipinski definition) is 9. The second-order valence-corrected chi connectivity index (χ2v) is 11.5. The molecular formula is C24H27F2N5O4S. The first-order valence-electron chi connectivity index (χ1n) is 11.4. The van der Waals surface area contributed by atoms with Gasteiger partial charge in [-0.2, -0.15) is 0 Å². The minimum atomic E-state index is -1.11. The molecule has 0 unspecified atom stereocenters. The number of benzene rings is 1. The van der Waals surface area contributed by atoms with E-state index in [1.165, 1.54) is 30.2 Å². The first-order valence-corrected chi connectivity index (χ1v) is 12.3. The summed E-state index contributed by atoms with van der Waals surface area (Å²) in [5.41, 5.74) is 4.99. The highest BCUT2D eigenvalue weighted by atomic mass is 32.2. The van der Waals surface area contributed by atoms with Gasteiger partial charge in [-0.05, 0) is 19.4 Å². The van der Waals surface area contributed by atoms with Crippen molar-refractivity contribution >= 4 is 28.5 Å². The van der Waals surface area contributed by atoms with Crippen molar-refractivity contribution < 1.29 is 27.8 Å². The molecule has 3 N–H and O–H groups in total. The van der Waals surface area contributed by atoms with Crippen molar-refractivity contribution in [3.8, 4) is 5.88 Å². The third-order valence-electron chi connectivity index (χ3n) is 6.90. The summed E-state index contributed by atoms with van der Waals surface area (Å²) >= 11 is 1.40.